The van der Waals surface area contributed by atoms with Crippen molar-refractivity contribution >= 4 is 22.4 Å². The molecule has 1 aliphatic rings. The molecule has 0 bridgehead atoms. The first-order chi connectivity index (χ1) is 13.1. The molecule has 1 aliphatic heterocycles. The van der Waals surface area contributed by atoms with Crippen LogP contribution in [0.15, 0.2) is 48.7 Å². The summed E-state index contributed by atoms with van der Waals surface area (Å²) in [6.07, 6.45) is 4.88. The van der Waals surface area contributed by atoms with Crippen LogP contribution in [-0.2, 0) is 6.42 Å². The van der Waals surface area contributed by atoms with E-state index in [0.29, 0.717) is 23.7 Å². The Balaban J connectivity index is 1.34. The van der Waals surface area contributed by atoms with Crippen LogP contribution in [0.25, 0.3) is 10.9 Å². The third-order valence-electron chi connectivity index (χ3n) is 5.52. The number of nitrogens with one attached hydrogen (secondary N) is 1. The highest BCUT2D eigenvalue weighted by Crippen LogP contribution is 2.24. The van der Waals surface area contributed by atoms with Gasteiger partial charge in [0.15, 0.2) is 5.78 Å². The summed E-state index contributed by atoms with van der Waals surface area (Å²) in [5, 5.41) is 0.895. The molecule has 0 unspecified atom stereocenters. The van der Waals surface area contributed by atoms with Crippen molar-refractivity contribution in [3.8, 4) is 0 Å². The van der Waals surface area contributed by atoms with Gasteiger partial charge < -0.3 is 10.7 Å². The second kappa shape index (κ2) is 7.53. The SMILES string of the molecule is Nc1ccc2[nH]cc(C(=O)CN3CCC(Cc4ccc(F)cc4)CC3)c2c1. The summed E-state index contributed by atoms with van der Waals surface area (Å²) in [6, 6.07) is 12.4. The van der Waals surface area contributed by atoms with Gasteiger partial charge in [-0.2, -0.15) is 0 Å². The van der Waals surface area contributed by atoms with Crippen molar-refractivity contribution in [3.05, 3.63) is 65.6 Å². The molecule has 0 aliphatic carbocycles. The Morgan fingerprint density at radius 1 is 1.15 bits per heavy atom. The van der Waals surface area contributed by atoms with Gasteiger partial charge in [0.2, 0.25) is 0 Å². The van der Waals surface area contributed by atoms with Crippen LogP contribution in [0.5, 0.6) is 0 Å². The van der Waals surface area contributed by atoms with Gasteiger partial charge in [-0.15, -0.1) is 0 Å². The maximum absolute atomic E-state index is 13.0. The highest BCUT2D eigenvalue weighted by Gasteiger charge is 2.22. The van der Waals surface area contributed by atoms with Crippen LogP contribution in [0.1, 0.15) is 28.8 Å². The highest BCUT2D eigenvalue weighted by atomic mass is 19.1. The fraction of sp³-hybridized carbons (Fsp3) is 0.318. The standard InChI is InChI=1S/C22H24FN3O/c23-17-3-1-15(2-4-17)11-16-7-9-26(10-8-16)14-22(27)20-13-25-21-6-5-18(24)12-19(20)21/h1-6,12-13,16,25H,7-11,14,24H2. The second-order valence-electron chi connectivity index (χ2n) is 7.48. The average Bonchev–Trinajstić information content (AvgIpc) is 3.08. The number of ketones is 1. The van der Waals surface area contributed by atoms with E-state index in [-0.39, 0.29) is 11.6 Å². The number of fused-ring (bicyclic) bond motifs is 1. The van der Waals surface area contributed by atoms with Crippen molar-refractivity contribution in [1.29, 1.82) is 0 Å². The number of benzene rings is 2. The van der Waals surface area contributed by atoms with E-state index in [2.05, 4.69) is 9.88 Å². The summed E-state index contributed by atoms with van der Waals surface area (Å²) in [4.78, 5) is 18.1. The fourth-order valence-electron chi connectivity index (χ4n) is 3.96. The second-order valence-corrected chi connectivity index (χ2v) is 7.48. The van der Waals surface area contributed by atoms with E-state index in [9.17, 15) is 9.18 Å². The Bertz CT molecular complexity index is 940. The number of nitrogen functional groups attached to an aromatic ring is 1. The number of aromatic amines is 1. The molecular formula is C22H24FN3O. The lowest BCUT2D eigenvalue weighted by Crippen LogP contribution is -2.37. The first kappa shape index (κ1) is 17.7. The Morgan fingerprint density at radius 2 is 1.89 bits per heavy atom. The third kappa shape index (κ3) is 4.03. The van der Waals surface area contributed by atoms with Crippen molar-refractivity contribution in [2.75, 3.05) is 25.4 Å². The Morgan fingerprint density at radius 3 is 2.63 bits per heavy atom. The number of piperidine rings is 1. The molecule has 4 nitrogen and oxygen atoms in total. The van der Waals surface area contributed by atoms with Gasteiger partial charge in [0.1, 0.15) is 5.82 Å². The van der Waals surface area contributed by atoms with E-state index in [0.717, 1.165) is 43.3 Å². The van der Waals surface area contributed by atoms with Crippen LogP contribution >= 0.6 is 0 Å². The van der Waals surface area contributed by atoms with Gasteiger partial charge in [-0.3, -0.25) is 9.69 Å². The molecule has 1 aromatic heterocycles. The highest BCUT2D eigenvalue weighted by molar-refractivity contribution is 6.09. The minimum atomic E-state index is -0.189. The van der Waals surface area contributed by atoms with Crippen LogP contribution in [0.4, 0.5) is 10.1 Å². The van der Waals surface area contributed by atoms with E-state index in [1.54, 1.807) is 6.20 Å². The molecule has 3 aromatic rings. The normalized spacial score (nSPS) is 16.0. The zero-order chi connectivity index (χ0) is 18.8. The molecule has 4 rings (SSSR count). The zero-order valence-electron chi connectivity index (χ0n) is 15.2. The van der Waals surface area contributed by atoms with Gasteiger partial charge in [-0.05, 0) is 74.2 Å². The minimum Gasteiger partial charge on any atom is -0.399 e. The van der Waals surface area contributed by atoms with E-state index < -0.39 is 0 Å². The van der Waals surface area contributed by atoms with Gasteiger partial charge in [0, 0.05) is 28.4 Å². The molecular weight excluding hydrogens is 341 g/mol. The van der Waals surface area contributed by atoms with Crippen LogP contribution in [0.2, 0.25) is 0 Å². The number of carbonyl (C=O) groups is 1. The monoisotopic (exact) mass is 365 g/mol. The third-order valence-corrected chi connectivity index (χ3v) is 5.52. The number of rotatable bonds is 5. The quantitative estimate of drug-likeness (QED) is 0.530. The van der Waals surface area contributed by atoms with Crippen molar-refractivity contribution in [3.63, 3.8) is 0 Å². The molecule has 1 fully saturated rings. The Kier molecular flexibility index (Phi) is 4.94. The molecule has 2 heterocycles. The molecule has 1 saturated heterocycles. The summed E-state index contributed by atoms with van der Waals surface area (Å²) in [7, 11) is 0. The number of halogens is 1. The number of aromatic nitrogens is 1. The fourth-order valence-corrected chi connectivity index (χ4v) is 3.96. The molecule has 0 saturated carbocycles. The average molecular weight is 365 g/mol. The van der Waals surface area contributed by atoms with E-state index in [1.165, 1.54) is 17.7 Å². The van der Waals surface area contributed by atoms with E-state index in [4.69, 9.17) is 5.73 Å². The summed E-state index contributed by atoms with van der Waals surface area (Å²) < 4.78 is 13.0. The topological polar surface area (TPSA) is 62.1 Å². The minimum absolute atomic E-state index is 0.129. The van der Waals surface area contributed by atoms with Crippen LogP contribution < -0.4 is 5.73 Å². The predicted octanol–water partition coefficient (Wildman–Crippen LogP) is 4.03. The smallest absolute Gasteiger partial charge is 0.178 e. The molecule has 0 radical (unpaired) electrons. The molecule has 5 heteroatoms. The summed E-state index contributed by atoms with van der Waals surface area (Å²) >= 11 is 0. The number of anilines is 1. The lowest BCUT2D eigenvalue weighted by molar-refractivity contribution is 0.0897. The maximum Gasteiger partial charge on any atom is 0.178 e. The van der Waals surface area contributed by atoms with Gasteiger partial charge in [-0.25, -0.2) is 4.39 Å². The van der Waals surface area contributed by atoms with Crippen molar-refractivity contribution in [1.82, 2.24) is 9.88 Å². The molecule has 0 amide bonds. The molecule has 140 valence electrons. The zero-order valence-corrected chi connectivity index (χ0v) is 15.2. The predicted molar refractivity (Wildman–Crippen MR) is 106 cm³/mol. The molecule has 27 heavy (non-hydrogen) atoms. The summed E-state index contributed by atoms with van der Waals surface area (Å²) in [6.45, 7) is 2.27. The number of hydrogen-bond donors (Lipinski definition) is 2. The van der Waals surface area contributed by atoms with Crippen molar-refractivity contribution < 1.29 is 9.18 Å². The van der Waals surface area contributed by atoms with Gasteiger partial charge in [0.05, 0.1) is 6.54 Å². The largest absolute Gasteiger partial charge is 0.399 e. The summed E-state index contributed by atoms with van der Waals surface area (Å²) in [5.41, 5.74) is 9.36. The van der Waals surface area contributed by atoms with Crippen LogP contribution in [0.3, 0.4) is 0 Å². The van der Waals surface area contributed by atoms with Gasteiger partial charge in [0.25, 0.3) is 0 Å². The van der Waals surface area contributed by atoms with Crippen LogP contribution in [0, 0.1) is 11.7 Å². The summed E-state index contributed by atoms with van der Waals surface area (Å²) in [5.74, 6) is 0.532. The first-order valence-corrected chi connectivity index (χ1v) is 9.45. The number of nitrogens with zero attached hydrogens (tertiary/aromatic N) is 1. The number of H-pyrrole nitrogens is 1. The van der Waals surface area contributed by atoms with Crippen molar-refractivity contribution in [2.45, 2.75) is 19.3 Å². The van der Waals surface area contributed by atoms with E-state index in [1.807, 2.05) is 30.3 Å². The number of carbonyl (C=O) groups excluding carboxylic acids is 1. The number of Topliss-reactive ketones (excluding diaryl/α,β-unsaturated/α-hetero) is 1. The molecule has 2 aromatic carbocycles. The van der Waals surface area contributed by atoms with Crippen molar-refractivity contribution in [2.24, 2.45) is 5.92 Å². The number of likely N-dealkylation sites (tertiary alicyclic amines) is 1. The molecule has 0 atom stereocenters. The Hall–Kier alpha value is -2.66. The number of hydrogen-bond acceptors (Lipinski definition) is 3. The number of nitrogens with two attached hydrogens (primary N) is 1. The van der Waals surface area contributed by atoms with Gasteiger partial charge in [-0.1, -0.05) is 12.1 Å². The van der Waals surface area contributed by atoms with E-state index >= 15 is 0 Å². The molecule has 3 N–H and O–H groups in total. The van der Waals surface area contributed by atoms with Gasteiger partial charge >= 0.3 is 0 Å². The molecule has 0 spiro atoms. The van der Waals surface area contributed by atoms with Crippen LogP contribution in [-0.4, -0.2) is 35.3 Å². The lowest BCUT2D eigenvalue weighted by Gasteiger charge is -2.31. The Labute approximate surface area is 158 Å². The lowest BCUT2D eigenvalue weighted by atomic mass is 9.90. The maximum atomic E-state index is 13.0. The first-order valence-electron chi connectivity index (χ1n) is 9.45.